The van der Waals surface area contributed by atoms with E-state index in [2.05, 4.69) is 21.9 Å². The molecule has 0 aromatic carbocycles. The molecule has 2 aromatic rings. The summed E-state index contributed by atoms with van der Waals surface area (Å²) in [6, 6.07) is 1.52. The molecule has 1 unspecified atom stereocenters. The van der Waals surface area contributed by atoms with Crippen LogP contribution >= 0.6 is 0 Å². The van der Waals surface area contributed by atoms with Crippen molar-refractivity contribution in [2.75, 3.05) is 0 Å². The lowest BCUT2D eigenvalue weighted by molar-refractivity contribution is -0.141. The molecule has 0 radical (unpaired) electrons. The van der Waals surface area contributed by atoms with Crippen LogP contribution in [0.4, 0.5) is 26.3 Å². The summed E-state index contributed by atoms with van der Waals surface area (Å²) < 4.78 is 81.8. The van der Waals surface area contributed by atoms with Gasteiger partial charge in [-0.05, 0) is 37.8 Å². The van der Waals surface area contributed by atoms with Crippen LogP contribution < -0.4 is 5.32 Å². The molecule has 3 rings (SSSR count). The Balaban J connectivity index is 1.74. The summed E-state index contributed by atoms with van der Waals surface area (Å²) in [7, 11) is 0. The largest absolute Gasteiger partial charge is 0.439 e. The molecule has 0 saturated heterocycles. The van der Waals surface area contributed by atoms with Crippen LogP contribution in [0.3, 0.4) is 0 Å². The predicted octanol–water partition coefficient (Wildman–Crippen LogP) is 5.15. The Morgan fingerprint density at radius 2 is 1.97 bits per heavy atom. The zero-order valence-corrected chi connectivity index (χ0v) is 15.5. The number of hydrogen-bond acceptors (Lipinski definition) is 4. The first-order valence-electron chi connectivity index (χ1n) is 9.02. The summed E-state index contributed by atoms with van der Waals surface area (Å²) in [5, 5.41) is 2.61. The number of allylic oxidation sites excluding steroid dienone is 1. The Bertz CT molecular complexity index is 948. The molecule has 2 heterocycles. The maximum atomic E-state index is 12.9. The highest BCUT2D eigenvalue weighted by molar-refractivity contribution is 5.76. The summed E-state index contributed by atoms with van der Waals surface area (Å²) in [4.78, 5) is 19.6. The number of oxazole rings is 1. The standard InChI is InChI=1S/C19H17F6N3O2/c1-10(18(20,21)22)5-6-15(29)27-12-3-2-4-13-16(12)30-17(28-13)11-7-8-26-14(9-11)19(23,24)25/h7-9,12H,1-6H2,(H,27,29). The summed E-state index contributed by atoms with van der Waals surface area (Å²) in [5.41, 5.74) is -1.52. The van der Waals surface area contributed by atoms with Crippen molar-refractivity contribution in [3.63, 3.8) is 0 Å². The average Bonchev–Trinajstić information content (AvgIpc) is 3.10. The number of aromatic nitrogens is 2. The summed E-state index contributed by atoms with van der Waals surface area (Å²) in [6.45, 7) is 2.92. The quantitative estimate of drug-likeness (QED) is 0.523. The molecule has 1 amide bonds. The van der Waals surface area contributed by atoms with E-state index in [9.17, 15) is 31.1 Å². The van der Waals surface area contributed by atoms with E-state index in [1.807, 2.05) is 0 Å². The topological polar surface area (TPSA) is 68.0 Å². The highest BCUT2D eigenvalue weighted by Gasteiger charge is 2.34. The summed E-state index contributed by atoms with van der Waals surface area (Å²) >= 11 is 0. The van der Waals surface area contributed by atoms with E-state index in [4.69, 9.17) is 4.42 Å². The number of nitrogens with zero attached hydrogens (tertiary/aromatic N) is 2. The first-order chi connectivity index (χ1) is 13.9. The molecule has 5 nitrogen and oxygen atoms in total. The molecule has 1 atom stereocenters. The van der Waals surface area contributed by atoms with Crippen molar-refractivity contribution in [2.45, 2.75) is 50.5 Å². The normalized spacial score (nSPS) is 16.8. The highest BCUT2D eigenvalue weighted by atomic mass is 19.4. The van der Waals surface area contributed by atoms with Gasteiger partial charge in [-0.25, -0.2) is 4.98 Å². The third-order valence-corrected chi connectivity index (χ3v) is 4.64. The van der Waals surface area contributed by atoms with Gasteiger partial charge in [-0.3, -0.25) is 9.78 Å². The first kappa shape index (κ1) is 21.8. The Morgan fingerprint density at radius 1 is 1.23 bits per heavy atom. The molecule has 0 saturated carbocycles. The summed E-state index contributed by atoms with van der Waals surface area (Å²) in [6.07, 6.45) is -7.52. The van der Waals surface area contributed by atoms with Gasteiger partial charge in [-0.1, -0.05) is 6.58 Å². The molecular weight excluding hydrogens is 416 g/mol. The summed E-state index contributed by atoms with van der Waals surface area (Å²) in [5.74, 6) is -0.358. The molecular formula is C19H17F6N3O2. The molecule has 0 bridgehead atoms. The lowest BCUT2D eigenvalue weighted by Crippen LogP contribution is -2.30. The lowest BCUT2D eigenvalue weighted by atomic mass is 9.97. The van der Waals surface area contributed by atoms with Crippen LogP contribution in [0, 0.1) is 0 Å². The van der Waals surface area contributed by atoms with Crippen LogP contribution in [-0.2, 0) is 17.4 Å². The predicted molar refractivity (Wildman–Crippen MR) is 93.0 cm³/mol. The number of hydrogen-bond donors (Lipinski definition) is 1. The van der Waals surface area contributed by atoms with Gasteiger partial charge in [0.15, 0.2) is 0 Å². The van der Waals surface area contributed by atoms with E-state index in [0.717, 1.165) is 12.3 Å². The number of amides is 1. The molecule has 1 aliphatic carbocycles. The van der Waals surface area contributed by atoms with Crippen molar-refractivity contribution in [1.29, 1.82) is 0 Å². The van der Waals surface area contributed by atoms with E-state index >= 15 is 0 Å². The lowest BCUT2D eigenvalue weighted by Gasteiger charge is -2.21. The number of aryl methyl sites for hydroxylation is 1. The molecule has 11 heteroatoms. The fourth-order valence-electron chi connectivity index (χ4n) is 3.07. The van der Waals surface area contributed by atoms with Gasteiger partial charge in [-0.15, -0.1) is 0 Å². The van der Waals surface area contributed by atoms with Crippen molar-refractivity contribution < 1.29 is 35.6 Å². The van der Waals surface area contributed by atoms with Gasteiger partial charge >= 0.3 is 12.4 Å². The minimum Gasteiger partial charge on any atom is -0.439 e. The number of halogens is 6. The van der Waals surface area contributed by atoms with Crippen LogP contribution in [-0.4, -0.2) is 22.1 Å². The van der Waals surface area contributed by atoms with Gasteiger partial charge in [0.2, 0.25) is 11.8 Å². The molecule has 0 fully saturated rings. The van der Waals surface area contributed by atoms with Crippen molar-refractivity contribution >= 4 is 5.91 Å². The maximum Gasteiger partial charge on any atom is 0.433 e. The Labute approximate surface area is 167 Å². The second-order valence-corrected chi connectivity index (χ2v) is 6.87. The van der Waals surface area contributed by atoms with Crippen molar-refractivity contribution in [3.05, 3.63) is 47.6 Å². The van der Waals surface area contributed by atoms with E-state index < -0.39 is 48.4 Å². The van der Waals surface area contributed by atoms with Crippen molar-refractivity contribution in [1.82, 2.24) is 15.3 Å². The van der Waals surface area contributed by atoms with Gasteiger partial charge in [0.05, 0.1) is 11.7 Å². The monoisotopic (exact) mass is 433 g/mol. The first-order valence-corrected chi connectivity index (χ1v) is 9.02. The Hall–Kier alpha value is -2.85. The van der Waals surface area contributed by atoms with Crippen LogP contribution in [0.2, 0.25) is 0 Å². The molecule has 0 aliphatic heterocycles. The smallest absolute Gasteiger partial charge is 0.433 e. The van der Waals surface area contributed by atoms with E-state index in [-0.39, 0.29) is 11.5 Å². The maximum absolute atomic E-state index is 12.9. The van der Waals surface area contributed by atoms with E-state index in [1.54, 1.807) is 0 Å². The van der Waals surface area contributed by atoms with Crippen LogP contribution in [0.15, 0.2) is 34.9 Å². The van der Waals surface area contributed by atoms with Gasteiger partial charge in [0.1, 0.15) is 11.5 Å². The van der Waals surface area contributed by atoms with Gasteiger partial charge in [-0.2, -0.15) is 26.3 Å². The zero-order chi connectivity index (χ0) is 22.1. The molecule has 2 aromatic heterocycles. The van der Waals surface area contributed by atoms with E-state index in [0.29, 0.717) is 30.7 Å². The fourth-order valence-corrected chi connectivity index (χ4v) is 3.07. The van der Waals surface area contributed by atoms with Gasteiger partial charge in [0.25, 0.3) is 0 Å². The number of pyridine rings is 1. The van der Waals surface area contributed by atoms with Crippen LogP contribution in [0.1, 0.15) is 48.9 Å². The SMILES string of the molecule is C=C(CCC(=O)NC1CCCc2nc(-c3ccnc(C(F)(F)F)c3)oc21)C(F)(F)F. The van der Waals surface area contributed by atoms with Crippen LogP contribution in [0.25, 0.3) is 11.5 Å². The molecule has 30 heavy (non-hydrogen) atoms. The number of alkyl halides is 6. The number of carbonyl (C=O) groups is 1. The Morgan fingerprint density at radius 3 is 2.63 bits per heavy atom. The minimum absolute atomic E-state index is 0.0421. The van der Waals surface area contributed by atoms with Gasteiger partial charge in [0, 0.05) is 23.8 Å². The number of fused-ring (bicyclic) bond motifs is 1. The minimum atomic E-state index is -4.63. The highest BCUT2D eigenvalue weighted by Crippen LogP contribution is 2.35. The Kier molecular flexibility index (Phi) is 5.91. The number of carbonyl (C=O) groups excluding carboxylic acids is 1. The molecule has 1 aliphatic rings. The zero-order valence-electron chi connectivity index (χ0n) is 15.5. The fraction of sp³-hybridized carbons (Fsp3) is 0.421. The van der Waals surface area contributed by atoms with Crippen LogP contribution in [0.5, 0.6) is 0 Å². The third kappa shape index (κ3) is 5.00. The van der Waals surface area contributed by atoms with Crippen molar-refractivity contribution in [2.24, 2.45) is 0 Å². The second kappa shape index (κ2) is 8.11. The number of rotatable bonds is 5. The van der Waals surface area contributed by atoms with Gasteiger partial charge < -0.3 is 9.73 Å². The van der Waals surface area contributed by atoms with Crippen molar-refractivity contribution in [3.8, 4) is 11.5 Å². The molecule has 162 valence electrons. The number of nitrogens with one attached hydrogen (secondary N) is 1. The molecule has 0 spiro atoms. The second-order valence-electron chi connectivity index (χ2n) is 6.87. The average molecular weight is 433 g/mol. The third-order valence-electron chi connectivity index (χ3n) is 4.64. The van der Waals surface area contributed by atoms with E-state index in [1.165, 1.54) is 6.07 Å². The molecule has 1 N–H and O–H groups in total.